The van der Waals surface area contributed by atoms with Gasteiger partial charge in [0.15, 0.2) is 5.78 Å². The van der Waals surface area contributed by atoms with E-state index in [2.05, 4.69) is 34.5 Å². The van der Waals surface area contributed by atoms with E-state index >= 15 is 0 Å². The van der Waals surface area contributed by atoms with Crippen molar-refractivity contribution in [1.29, 1.82) is 0 Å². The number of likely N-dealkylation sites (N-methyl/N-ethyl adjacent to an activating group) is 1. The van der Waals surface area contributed by atoms with Crippen molar-refractivity contribution in [2.75, 3.05) is 20.6 Å². The Hall–Kier alpha value is -2.53. The fraction of sp³-hybridized carbons (Fsp3) is 0.333. The van der Waals surface area contributed by atoms with E-state index in [0.29, 0.717) is 12.1 Å². The Morgan fingerprint density at radius 2 is 1.62 bits per heavy atom. The van der Waals surface area contributed by atoms with Crippen LogP contribution in [-0.4, -0.2) is 37.2 Å². The van der Waals surface area contributed by atoms with Crippen LogP contribution in [0.2, 0.25) is 0 Å². The van der Waals surface area contributed by atoms with Gasteiger partial charge in [0.25, 0.3) is 0 Å². The quantitative estimate of drug-likeness (QED) is 0.737. The zero-order chi connectivity index (χ0) is 19.1. The molecule has 2 aromatic carbocycles. The molecular formula is C21H25FN2O2. The Kier molecular flexibility index (Phi) is 7.04. The third-order valence-corrected chi connectivity index (χ3v) is 4.32. The summed E-state index contributed by atoms with van der Waals surface area (Å²) < 4.78 is 12.9. The minimum Gasteiger partial charge on any atom is -0.354 e. The van der Waals surface area contributed by atoms with Gasteiger partial charge in [-0.1, -0.05) is 29.8 Å². The van der Waals surface area contributed by atoms with Crippen molar-refractivity contribution in [1.82, 2.24) is 10.2 Å². The second-order valence-corrected chi connectivity index (χ2v) is 6.62. The van der Waals surface area contributed by atoms with Crippen molar-refractivity contribution < 1.29 is 14.0 Å². The highest BCUT2D eigenvalue weighted by molar-refractivity contribution is 5.97. The number of carbonyl (C=O) groups is 2. The number of rotatable bonds is 8. The number of nitrogens with one attached hydrogen (secondary N) is 1. The van der Waals surface area contributed by atoms with Crippen LogP contribution in [0.3, 0.4) is 0 Å². The molecule has 1 atom stereocenters. The van der Waals surface area contributed by atoms with Crippen LogP contribution < -0.4 is 5.32 Å². The topological polar surface area (TPSA) is 49.4 Å². The average molecular weight is 356 g/mol. The van der Waals surface area contributed by atoms with Gasteiger partial charge >= 0.3 is 0 Å². The lowest BCUT2D eigenvalue weighted by Crippen LogP contribution is -2.34. The van der Waals surface area contributed by atoms with Gasteiger partial charge in [-0.25, -0.2) is 4.39 Å². The average Bonchev–Trinajstić information content (AvgIpc) is 2.61. The fourth-order valence-corrected chi connectivity index (χ4v) is 2.69. The smallest absolute Gasteiger partial charge is 0.220 e. The molecule has 5 heteroatoms. The van der Waals surface area contributed by atoms with Crippen molar-refractivity contribution in [3.05, 3.63) is 71.0 Å². The lowest BCUT2D eigenvalue weighted by atomic mass is 10.0. The highest BCUT2D eigenvalue weighted by Gasteiger charge is 2.16. The van der Waals surface area contributed by atoms with Crippen molar-refractivity contribution in [3.63, 3.8) is 0 Å². The van der Waals surface area contributed by atoms with E-state index in [4.69, 9.17) is 0 Å². The second-order valence-electron chi connectivity index (χ2n) is 6.62. The first-order valence-corrected chi connectivity index (χ1v) is 8.65. The molecule has 2 aromatic rings. The number of carbonyl (C=O) groups excluding carboxylic acids is 2. The van der Waals surface area contributed by atoms with E-state index in [9.17, 15) is 14.0 Å². The molecule has 2 rings (SSSR count). The maximum atomic E-state index is 12.9. The van der Waals surface area contributed by atoms with E-state index in [-0.39, 0.29) is 36.4 Å². The maximum Gasteiger partial charge on any atom is 0.220 e. The van der Waals surface area contributed by atoms with E-state index in [1.807, 2.05) is 21.0 Å². The Labute approximate surface area is 154 Å². The molecule has 0 fully saturated rings. The minimum atomic E-state index is -0.384. The largest absolute Gasteiger partial charge is 0.354 e. The van der Waals surface area contributed by atoms with Crippen LogP contribution in [0.4, 0.5) is 4.39 Å². The zero-order valence-electron chi connectivity index (χ0n) is 15.5. The Balaban J connectivity index is 1.85. The van der Waals surface area contributed by atoms with Gasteiger partial charge in [-0.3, -0.25) is 9.59 Å². The van der Waals surface area contributed by atoms with Gasteiger partial charge in [0.05, 0.1) is 6.04 Å². The Morgan fingerprint density at radius 3 is 2.19 bits per heavy atom. The molecule has 1 unspecified atom stereocenters. The van der Waals surface area contributed by atoms with E-state index in [0.717, 1.165) is 5.56 Å². The summed E-state index contributed by atoms with van der Waals surface area (Å²) in [5.41, 5.74) is 2.74. The summed E-state index contributed by atoms with van der Waals surface area (Å²) in [6.45, 7) is 2.51. The fourth-order valence-electron chi connectivity index (χ4n) is 2.69. The van der Waals surface area contributed by atoms with Crippen molar-refractivity contribution in [2.24, 2.45) is 0 Å². The van der Waals surface area contributed by atoms with Gasteiger partial charge < -0.3 is 10.2 Å². The van der Waals surface area contributed by atoms with Crippen LogP contribution in [0.15, 0.2) is 48.5 Å². The van der Waals surface area contributed by atoms with Gasteiger partial charge in [-0.2, -0.15) is 0 Å². The molecule has 0 spiro atoms. The molecule has 0 heterocycles. The summed E-state index contributed by atoms with van der Waals surface area (Å²) in [6.07, 6.45) is 0.221. The first kappa shape index (κ1) is 19.8. The van der Waals surface area contributed by atoms with E-state index in [1.165, 1.54) is 29.8 Å². The molecule has 1 amide bonds. The minimum absolute atomic E-state index is 0.0624. The van der Waals surface area contributed by atoms with Gasteiger partial charge in [-0.05, 0) is 50.8 Å². The van der Waals surface area contributed by atoms with Crippen LogP contribution in [-0.2, 0) is 4.79 Å². The lowest BCUT2D eigenvalue weighted by Gasteiger charge is -2.25. The van der Waals surface area contributed by atoms with Crippen LogP contribution in [0.1, 0.15) is 40.4 Å². The number of hydrogen-bond donors (Lipinski definition) is 1. The molecule has 0 aliphatic heterocycles. The first-order chi connectivity index (χ1) is 12.4. The SMILES string of the molecule is Cc1ccc(C(CNC(=O)CCC(=O)c2ccc(F)cc2)N(C)C)cc1. The molecule has 0 radical (unpaired) electrons. The van der Waals surface area contributed by atoms with Gasteiger partial charge in [0.1, 0.15) is 5.82 Å². The van der Waals surface area contributed by atoms with Gasteiger partial charge in [0, 0.05) is 24.9 Å². The number of benzene rings is 2. The van der Waals surface area contributed by atoms with E-state index in [1.54, 1.807) is 0 Å². The van der Waals surface area contributed by atoms with E-state index < -0.39 is 0 Å². The molecule has 26 heavy (non-hydrogen) atoms. The predicted octanol–water partition coefficient (Wildman–Crippen LogP) is 3.52. The molecule has 0 aliphatic rings. The van der Waals surface area contributed by atoms with Crippen molar-refractivity contribution >= 4 is 11.7 Å². The van der Waals surface area contributed by atoms with Gasteiger partial charge in [-0.15, -0.1) is 0 Å². The number of nitrogens with zero attached hydrogens (tertiary/aromatic N) is 1. The summed E-state index contributed by atoms with van der Waals surface area (Å²) in [4.78, 5) is 26.2. The summed E-state index contributed by atoms with van der Waals surface area (Å²) in [7, 11) is 3.93. The van der Waals surface area contributed by atoms with Crippen molar-refractivity contribution in [3.8, 4) is 0 Å². The normalized spacial score (nSPS) is 12.0. The van der Waals surface area contributed by atoms with Gasteiger partial charge in [0.2, 0.25) is 5.91 Å². The van der Waals surface area contributed by atoms with Crippen LogP contribution in [0, 0.1) is 12.7 Å². The second kappa shape index (κ2) is 9.25. The molecule has 4 nitrogen and oxygen atoms in total. The zero-order valence-corrected chi connectivity index (χ0v) is 15.5. The molecule has 0 aromatic heterocycles. The van der Waals surface area contributed by atoms with Crippen molar-refractivity contribution in [2.45, 2.75) is 25.8 Å². The highest BCUT2D eigenvalue weighted by atomic mass is 19.1. The number of Topliss-reactive ketones (excluding diaryl/α,β-unsaturated/α-hetero) is 1. The Bertz CT molecular complexity index is 740. The highest BCUT2D eigenvalue weighted by Crippen LogP contribution is 2.18. The maximum absolute atomic E-state index is 12.9. The first-order valence-electron chi connectivity index (χ1n) is 8.65. The third-order valence-electron chi connectivity index (χ3n) is 4.32. The standard InChI is InChI=1S/C21H25FN2O2/c1-15-4-6-16(7-5-15)19(24(2)3)14-23-21(26)13-12-20(25)17-8-10-18(22)11-9-17/h4-11,19H,12-14H2,1-3H3,(H,23,26). The number of ketones is 1. The monoisotopic (exact) mass is 356 g/mol. The number of halogens is 1. The number of hydrogen-bond acceptors (Lipinski definition) is 3. The predicted molar refractivity (Wildman–Crippen MR) is 101 cm³/mol. The molecule has 0 saturated carbocycles. The summed E-state index contributed by atoms with van der Waals surface area (Å²) >= 11 is 0. The number of amides is 1. The molecule has 0 bridgehead atoms. The van der Waals surface area contributed by atoms with Crippen LogP contribution >= 0.6 is 0 Å². The molecule has 0 saturated heterocycles. The molecule has 1 N–H and O–H groups in total. The lowest BCUT2D eigenvalue weighted by molar-refractivity contribution is -0.121. The van der Waals surface area contributed by atoms with Crippen LogP contribution in [0.25, 0.3) is 0 Å². The molecule has 0 aliphatic carbocycles. The molecular weight excluding hydrogens is 331 g/mol. The number of aryl methyl sites for hydroxylation is 1. The third kappa shape index (κ3) is 5.77. The summed E-state index contributed by atoms with van der Waals surface area (Å²) in [5.74, 6) is -0.715. The summed E-state index contributed by atoms with van der Waals surface area (Å²) in [5, 5.41) is 2.90. The summed E-state index contributed by atoms with van der Waals surface area (Å²) in [6, 6.07) is 13.7. The Morgan fingerprint density at radius 1 is 1.00 bits per heavy atom. The molecule has 138 valence electrons. The van der Waals surface area contributed by atoms with Crippen LogP contribution in [0.5, 0.6) is 0 Å².